The molecule has 4 aromatic heterocycles. The SMILES string of the molecule is COc1cc(C(=O)N2C[C@H]3CC[C@@H]2[C@@H]3N)cc2nc(-c3cc4ccc(-c5ccnc(F)c5C)nc4n3CC3CC3)n(C)c12. The largest absolute Gasteiger partial charge is 0.494 e. The van der Waals surface area contributed by atoms with E-state index in [2.05, 4.69) is 15.6 Å². The lowest BCUT2D eigenvalue weighted by atomic mass is 10.1. The Bertz CT molecular complexity index is 1940. The number of hydrogen-bond donors (Lipinski definition) is 1. The summed E-state index contributed by atoms with van der Waals surface area (Å²) in [6, 6.07) is 11.8. The van der Waals surface area contributed by atoms with Crippen molar-refractivity contribution in [1.29, 1.82) is 0 Å². The fourth-order valence-corrected chi connectivity index (χ4v) is 7.26. The molecule has 2 aliphatic carbocycles. The van der Waals surface area contributed by atoms with Crippen LogP contribution < -0.4 is 10.5 Å². The summed E-state index contributed by atoms with van der Waals surface area (Å²) < 4.78 is 24.4. The number of fused-ring (bicyclic) bond motifs is 4. The molecule has 3 fully saturated rings. The maximum absolute atomic E-state index is 14.3. The Labute approximate surface area is 248 Å². The summed E-state index contributed by atoms with van der Waals surface area (Å²) in [6.45, 7) is 3.26. The van der Waals surface area contributed by atoms with E-state index >= 15 is 0 Å². The number of amides is 1. The molecule has 1 aromatic carbocycles. The van der Waals surface area contributed by atoms with Gasteiger partial charge in [-0.3, -0.25) is 4.79 Å². The lowest BCUT2D eigenvalue weighted by Crippen LogP contribution is -2.41. The average molecular weight is 580 g/mol. The van der Waals surface area contributed by atoms with Gasteiger partial charge in [0.2, 0.25) is 5.95 Å². The standard InChI is InChI=1S/C33H34FN7O2/c1-17-22(10-11-36-30(17)34)23-8-6-19-13-26(40(31(19)37-23)15-18-4-5-18)32-38-24-12-21(14-27(43-3)29(24)39(32)2)33(42)41-16-20-7-9-25(41)28(20)35/h6,8,10-14,18,20,25,28H,4-5,7,9,15-16,35H2,1-3H3/t20-,25-,28-/m1/s1. The van der Waals surface area contributed by atoms with Crippen LogP contribution in [0.5, 0.6) is 5.75 Å². The quantitative estimate of drug-likeness (QED) is 0.282. The molecule has 3 atom stereocenters. The van der Waals surface area contributed by atoms with E-state index in [0.717, 1.165) is 53.0 Å². The third-order valence-corrected chi connectivity index (χ3v) is 9.84. The first kappa shape index (κ1) is 26.3. The first-order chi connectivity index (χ1) is 20.8. The molecule has 2 saturated carbocycles. The maximum atomic E-state index is 14.3. The van der Waals surface area contributed by atoms with Gasteiger partial charge in [0.25, 0.3) is 5.91 Å². The van der Waals surface area contributed by atoms with E-state index in [0.29, 0.717) is 46.5 Å². The van der Waals surface area contributed by atoms with Crippen LogP contribution in [0.1, 0.15) is 41.6 Å². The number of ether oxygens (including phenoxy) is 1. The van der Waals surface area contributed by atoms with Crippen LogP contribution in [0.15, 0.2) is 42.6 Å². The Morgan fingerprint density at radius 1 is 1.12 bits per heavy atom. The first-order valence-electron chi connectivity index (χ1n) is 15.1. The molecule has 0 unspecified atom stereocenters. The fourth-order valence-electron chi connectivity index (χ4n) is 7.26. The third-order valence-electron chi connectivity index (χ3n) is 9.84. The molecule has 2 N–H and O–H groups in total. The minimum Gasteiger partial charge on any atom is -0.494 e. The molecule has 1 saturated heterocycles. The van der Waals surface area contributed by atoms with Crippen molar-refractivity contribution in [2.75, 3.05) is 13.7 Å². The van der Waals surface area contributed by atoms with E-state index in [1.807, 2.05) is 40.8 Å². The van der Waals surface area contributed by atoms with Crippen LogP contribution in [0.3, 0.4) is 0 Å². The van der Waals surface area contributed by atoms with E-state index in [4.69, 9.17) is 20.4 Å². The molecule has 5 aromatic rings. The lowest BCUT2D eigenvalue weighted by molar-refractivity contribution is 0.0700. The molecule has 5 heterocycles. The van der Waals surface area contributed by atoms with Gasteiger partial charge in [-0.15, -0.1) is 0 Å². The van der Waals surface area contributed by atoms with Gasteiger partial charge in [0, 0.05) is 60.5 Å². The van der Waals surface area contributed by atoms with Crippen molar-refractivity contribution in [2.45, 2.75) is 51.2 Å². The van der Waals surface area contributed by atoms with Crippen LogP contribution in [0.4, 0.5) is 4.39 Å². The van der Waals surface area contributed by atoms with Gasteiger partial charge in [-0.25, -0.2) is 15.0 Å². The van der Waals surface area contributed by atoms with Crippen molar-refractivity contribution >= 4 is 28.0 Å². The Balaban J connectivity index is 1.25. The van der Waals surface area contributed by atoms with Crippen LogP contribution in [0.25, 0.3) is 44.8 Å². The van der Waals surface area contributed by atoms with Gasteiger partial charge in [-0.1, -0.05) is 0 Å². The van der Waals surface area contributed by atoms with E-state index < -0.39 is 5.95 Å². The first-order valence-corrected chi connectivity index (χ1v) is 15.1. The number of aromatic nitrogens is 5. The highest BCUT2D eigenvalue weighted by Gasteiger charge is 2.47. The van der Waals surface area contributed by atoms with Crippen molar-refractivity contribution < 1.29 is 13.9 Å². The zero-order chi connectivity index (χ0) is 29.6. The molecule has 0 radical (unpaired) electrons. The molecule has 43 heavy (non-hydrogen) atoms. The average Bonchev–Trinajstić information content (AvgIpc) is 3.42. The monoisotopic (exact) mass is 579 g/mol. The number of pyridine rings is 2. The van der Waals surface area contributed by atoms with Gasteiger partial charge in [-0.2, -0.15) is 4.39 Å². The number of hydrogen-bond acceptors (Lipinski definition) is 6. The number of carbonyl (C=O) groups excluding carboxylic acids is 1. The van der Waals surface area contributed by atoms with Crippen LogP contribution in [-0.4, -0.2) is 60.6 Å². The number of imidazole rings is 1. The van der Waals surface area contributed by atoms with E-state index in [1.165, 1.54) is 19.0 Å². The van der Waals surface area contributed by atoms with E-state index in [-0.39, 0.29) is 18.0 Å². The molecule has 8 rings (SSSR count). The molecular weight excluding hydrogens is 545 g/mol. The third kappa shape index (κ3) is 4.06. The summed E-state index contributed by atoms with van der Waals surface area (Å²) in [7, 11) is 3.61. The number of piperidine rings is 1. The second-order valence-electron chi connectivity index (χ2n) is 12.4. The number of aryl methyl sites for hydroxylation is 1. The summed E-state index contributed by atoms with van der Waals surface area (Å²) >= 11 is 0. The van der Waals surface area contributed by atoms with Gasteiger partial charge in [0.05, 0.1) is 24.0 Å². The number of carbonyl (C=O) groups is 1. The smallest absolute Gasteiger partial charge is 0.254 e. The fraction of sp³-hybridized carbons (Fsp3) is 0.394. The van der Waals surface area contributed by atoms with Crippen molar-refractivity contribution in [1.82, 2.24) is 29.0 Å². The van der Waals surface area contributed by atoms with Crippen molar-refractivity contribution in [2.24, 2.45) is 24.6 Å². The van der Waals surface area contributed by atoms with Crippen LogP contribution in [-0.2, 0) is 13.6 Å². The second-order valence-corrected chi connectivity index (χ2v) is 12.4. The predicted octanol–water partition coefficient (Wildman–Crippen LogP) is 5.08. The maximum Gasteiger partial charge on any atom is 0.254 e. The number of nitrogens with two attached hydrogens (primary N) is 1. The summed E-state index contributed by atoms with van der Waals surface area (Å²) in [6.07, 6.45) is 5.88. The number of halogens is 1. The van der Waals surface area contributed by atoms with Crippen molar-refractivity contribution in [3.05, 3.63) is 59.7 Å². The molecule has 1 amide bonds. The lowest BCUT2D eigenvalue weighted by Gasteiger charge is -2.27. The van der Waals surface area contributed by atoms with Crippen LogP contribution in [0.2, 0.25) is 0 Å². The molecular formula is C33H34FN7O2. The van der Waals surface area contributed by atoms with E-state index in [1.54, 1.807) is 20.1 Å². The van der Waals surface area contributed by atoms with Crippen molar-refractivity contribution in [3.63, 3.8) is 0 Å². The number of nitrogens with zero attached hydrogens (tertiary/aromatic N) is 6. The highest BCUT2D eigenvalue weighted by molar-refractivity contribution is 6.00. The topological polar surface area (TPSA) is 104 Å². The second kappa shape index (κ2) is 9.60. The molecule has 220 valence electrons. The predicted molar refractivity (Wildman–Crippen MR) is 162 cm³/mol. The molecule has 0 spiro atoms. The number of methoxy groups -OCH3 is 1. The molecule has 2 bridgehead atoms. The van der Waals surface area contributed by atoms with E-state index in [9.17, 15) is 9.18 Å². The minimum atomic E-state index is -0.486. The van der Waals surface area contributed by atoms with Gasteiger partial charge < -0.3 is 24.5 Å². The summed E-state index contributed by atoms with van der Waals surface area (Å²) in [5, 5.41) is 0.988. The Morgan fingerprint density at radius 3 is 2.67 bits per heavy atom. The number of benzene rings is 1. The van der Waals surface area contributed by atoms with Gasteiger partial charge in [0.15, 0.2) is 5.82 Å². The Hall–Kier alpha value is -4.31. The summed E-state index contributed by atoms with van der Waals surface area (Å²) in [5.41, 5.74) is 12.2. The summed E-state index contributed by atoms with van der Waals surface area (Å²) in [5.74, 6) is 1.83. The highest BCUT2D eigenvalue weighted by atomic mass is 19.1. The zero-order valence-corrected chi connectivity index (χ0v) is 24.5. The van der Waals surface area contributed by atoms with Crippen molar-refractivity contribution in [3.8, 4) is 28.5 Å². The zero-order valence-electron chi connectivity index (χ0n) is 24.5. The number of likely N-dealkylation sites (tertiary alicyclic amines) is 1. The molecule has 10 heteroatoms. The van der Waals surface area contributed by atoms with Gasteiger partial charge in [0.1, 0.15) is 16.9 Å². The van der Waals surface area contributed by atoms with Crippen LogP contribution in [0, 0.1) is 24.7 Å². The van der Waals surface area contributed by atoms with Gasteiger partial charge in [-0.05, 0) is 80.8 Å². The van der Waals surface area contributed by atoms with Gasteiger partial charge >= 0.3 is 0 Å². The molecule has 3 aliphatic rings. The molecule has 9 nitrogen and oxygen atoms in total. The highest BCUT2D eigenvalue weighted by Crippen LogP contribution is 2.40. The molecule has 1 aliphatic heterocycles. The minimum absolute atomic E-state index is 0.0162. The Kier molecular flexibility index (Phi) is 5.88. The van der Waals surface area contributed by atoms with Crippen LogP contribution >= 0.6 is 0 Å². The Morgan fingerprint density at radius 2 is 1.95 bits per heavy atom. The number of rotatable bonds is 6. The normalized spacial score (nSPS) is 21.4. The summed E-state index contributed by atoms with van der Waals surface area (Å²) in [4.78, 5) is 29.6.